The van der Waals surface area contributed by atoms with Gasteiger partial charge in [-0.1, -0.05) is 13.8 Å². The molecule has 3 heteroatoms. The van der Waals surface area contributed by atoms with Crippen molar-refractivity contribution < 1.29 is 0 Å². The average Bonchev–Trinajstić information content (AvgIpc) is 2.29. The Labute approximate surface area is 103 Å². The number of aromatic nitrogens is 1. The van der Waals surface area contributed by atoms with Crippen molar-refractivity contribution in [2.45, 2.75) is 33.6 Å². The number of hydrogen-bond acceptors (Lipinski definition) is 3. The summed E-state index contributed by atoms with van der Waals surface area (Å²) in [6, 6.07) is 6.01. The molecule has 0 N–H and O–H groups in total. The zero-order valence-corrected chi connectivity index (χ0v) is 10.8. The Kier molecular flexibility index (Phi) is 3.06. The number of hydrogen-bond donors (Lipinski definition) is 0. The van der Waals surface area contributed by atoms with Crippen LogP contribution in [0, 0.1) is 23.7 Å². The lowest BCUT2D eigenvalue weighted by Gasteiger charge is -2.37. The minimum absolute atomic E-state index is 0.424. The molecule has 1 aromatic heterocycles. The van der Waals surface area contributed by atoms with E-state index in [1.54, 1.807) is 0 Å². The number of pyridine rings is 1. The zero-order chi connectivity index (χ0) is 12.5. The average molecular weight is 229 g/mol. The summed E-state index contributed by atoms with van der Waals surface area (Å²) in [5.41, 5.74) is 2.09. The molecule has 1 aromatic rings. The lowest BCUT2D eigenvalue weighted by Crippen LogP contribution is -2.38. The van der Waals surface area contributed by atoms with E-state index in [9.17, 15) is 0 Å². The molecule has 1 fully saturated rings. The molecule has 2 heterocycles. The summed E-state index contributed by atoms with van der Waals surface area (Å²) in [6.07, 6.45) is 2.32. The fourth-order valence-corrected chi connectivity index (χ4v) is 2.20. The summed E-state index contributed by atoms with van der Waals surface area (Å²) in [4.78, 5) is 6.77. The Hall–Kier alpha value is -1.56. The van der Waals surface area contributed by atoms with Gasteiger partial charge in [-0.15, -0.1) is 0 Å². The van der Waals surface area contributed by atoms with Gasteiger partial charge in [-0.3, -0.25) is 0 Å². The summed E-state index contributed by atoms with van der Waals surface area (Å²) in [7, 11) is 0. The summed E-state index contributed by atoms with van der Waals surface area (Å²) in [5, 5.41) is 9.13. The Balaban J connectivity index is 2.24. The Morgan fingerprint density at radius 1 is 1.29 bits per heavy atom. The number of piperidine rings is 1. The largest absolute Gasteiger partial charge is 0.355 e. The van der Waals surface area contributed by atoms with Gasteiger partial charge in [-0.25, -0.2) is 4.98 Å². The predicted molar refractivity (Wildman–Crippen MR) is 68.9 cm³/mol. The SMILES string of the molecule is Cc1ccc(C#N)c(N2CCC(C)(C)CC2)n1. The maximum atomic E-state index is 9.13. The quantitative estimate of drug-likeness (QED) is 0.743. The summed E-state index contributed by atoms with van der Waals surface area (Å²) in [5.74, 6) is 0.864. The van der Waals surface area contributed by atoms with Crippen LogP contribution in [-0.2, 0) is 0 Å². The molecule has 0 atom stereocenters. The number of rotatable bonds is 1. The lowest BCUT2D eigenvalue weighted by atomic mass is 9.82. The topological polar surface area (TPSA) is 39.9 Å². The number of nitriles is 1. The molecule has 0 spiro atoms. The first-order valence-electron chi connectivity index (χ1n) is 6.14. The summed E-state index contributed by atoms with van der Waals surface area (Å²) >= 11 is 0. The molecule has 17 heavy (non-hydrogen) atoms. The van der Waals surface area contributed by atoms with E-state index in [2.05, 4.69) is 29.8 Å². The Morgan fingerprint density at radius 2 is 1.94 bits per heavy atom. The van der Waals surface area contributed by atoms with Gasteiger partial charge in [0.05, 0.1) is 5.56 Å². The molecule has 0 unspecified atom stereocenters. The molecule has 3 nitrogen and oxygen atoms in total. The smallest absolute Gasteiger partial charge is 0.146 e. The maximum absolute atomic E-state index is 9.13. The van der Waals surface area contributed by atoms with Crippen molar-refractivity contribution in [3.63, 3.8) is 0 Å². The van der Waals surface area contributed by atoms with E-state index in [0.29, 0.717) is 11.0 Å². The van der Waals surface area contributed by atoms with Crippen LogP contribution in [0.5, 0.6) is 0 Å². The fourth-order valence-electron chi connectivity index (χ4n) is 2.20. The van der Waals surface area contributed by atoms with Gasteiger partial charge >= 0.3 is 0 Å². The highest BCUT2D eigenvalue weighted by atomic mass is 15.2. The third-order valence-corrected chi connectivity index (χ3v) is 3.55. The second kappa shape index (κ2) is 4.37. The van der Waals surface area contributed by atoms with Crippen LogP contribution < -0.4 is 4.90 Å². The molecule has 0 amide bonds. The van der Waals surface area contributed by atoms with Crippen molar-refractivity contribution in [3.8, 4) is 6.07 Å². The van der Waals surface area contributed by atoms with Gasteiger partial charge in [-0.2, -0.15) is 5.26 Å². The van der Waals surface area contributed by atoms with Crippen LogP contribution in [0.1, 0.15) is 37.9 Å². The zero-order valence-electron chi connectivity index (χ0n) is 10.8. The highest BCUT2D eigenvalue weighted by Gasteiger charge is 2.27. The molecule has 0 aromatic carbocycles. The van der Waals surface area contributed by atoms with Crippen molar-refractivity contribution in [1.82, 2.24) is 4.98 Å². The third kappa shape index (κ3) is 2.58. The Morgan fingerprint density at radius 3 is 2.53 bits per heavy atom. The van der Waals surface area contributed by atoms with Crippen LogP contribution in [0.3, 0.4) is 0 Å². The second-order valence-corrected chi connectivity index (χ2v) is 5.59. The number of nitrogens with zero attached hydrogens (tertiary/aromatic N) is 3. The predicted octanol–water partition coefficient (Wildman–Crippen LogP) is 2.89. The third-order valence-electron chi connectivity index (χ3n) is 3.55. The molecule has 2 rings (SSSR count). The molecule has 90 valence electrons. The molecule has 0 saturated carbocycles. The van der Waals surface area contributed by atoms with Crippen LogP contribution in [0.4, 0.5) is 5.82 Å². The maximum Gasteiger partial charge on any atom is 0.146 e. The lowest BCUT2D eigenvalue weighted by molar-refractivity contribution is 0.279. The standard InChI is InChI=1S/C14H19N3/c1-11-4-5-12(10-15)13(16-11)17-8-6-14(2,3)7-9-17/h4-5H,6-9H2,1-3H3. The van der Waals surface area contributed by atoms with Crippen LogP contribution in [0.25, 0.3) is 0 Å². The molecule has 1 aliphatic heterocycles. The molecule has 1 aliphatic rings. The van der Waals surface area contributed by atoms with Gasteiger partial charge in [0.1, 0.15) is 11.9 Å². The summed E-state index contributed by atoms with van der Waals surface area (Å²) < 4.78 is 0. The highest BCUT2D eigenvalue weighted by Crippen LogP contribution is 2.32. The first-order valence-corrected chi connectivity index (χ1v) is 6.14. The van der Waals surface area contributed by atoms with Crippen LogP contribution >= 0.6 is 0 Å². The van der Waals surface area contributed by atoms with E-state index < -0.39 is 0 Å². The van der Waals surface area contributed by atoms with E-state index in [1.807, 2.05) is 19.1 Å². The minimum atomic E-state index is 0.424. The van der Waals surface area contributed by atoms with E-state index >= 15 is 0 Å². The Bertz CT molecular complexity index is 447. The van der Waals surface area contributed by atoms with Gasteiger partial charge in [0.25, 0.3) is 0 Å². The van der Waals surface area contributed by atoms with E-state index in [0.717, 1.165) is 37.4 Å². The number of anilines is 1. The first kappa shape index (κ1) is 11.9. The highest BCUT2D eigenvalue weighted by molar-refractivity contribution is 5.54. The minimum Gasteiger partial charge on any atom is -0.355 e. The number of aryl methyl sites for hydroxylation is 1. The van der Waals surface area contributed by atoms with Crippen molar-refractivity contribution in [1.29, 1.82) is 5.26 Å². The molecule has 0 radical (unpaired) electrons. The van der Waals surface area contributed by atoms with Crippen LogP contribution in [0.15, 0.2) is 12.1 Å². The second-order valence-electron chi connectivity index (χ2n) is 5.59. The van der Waals surface area contributed by atoms with Crippen LogP contribution in [-0.4, -0.2) is 18.1 Å². The van der Waals surface area contributed by atoms with Gasteiger partial charge in [0.15, 0.2) is 0 Å². The van der Waals surface area contributed by atoms with E-state index in [-0.39, 0.29) is 0 Å². The van der Waals surface area contributed by atoms with Crippen molar-refractivity contribution in [2.24, 2.45) is 5.41 Å². The van der Waals surface area contributed by atoms with Gasteiger partial charge in [0.2, 0.25) is 0 Å². The van der Waals surface area contributed by atoms with E-state index in [4.69, 9.17) is 5.26 Å². The first-order chi connectivity index (χ1) is 8.02. The molecule has 1 saturated heterocycles. The van der Waals surface area contributed by atoms with Gasteiger partial charge in [0, 0.05) is 18.8 Å². The molecular weight excluding hydrogens is 210 g/mol. The van der Waals surface area contributed by atoms with Gasteiger partial charge in [-0.05, 0) is 37.3 Å². The van der Waals surface area contributed by atoms with Crippen molar-refractivity contribution >= 4 is 5.82 Å². The molecule has 0 bridgehead atoms. The molecular formula is C14H19N3. The summed E-state index contributed by atoms with van der Waals surface area (Å²) in [6.45, 7) is 8.58. The monoisotopic (exact) mass is 229 g/mol. The fraction of sp³-hybridized carbons (Fsp3) is 0.571. The van der Waals surface area contributed by atoms with E-state index in [1.165, 1.54) is 0 Å². The molecule has 0 aliphatic carbocycles. The normalized spacial score (nSPS) is 18.8. The van der Waals surface area contributed by atoms with Crippen molar-refractivity contribution in [3.05, 3.63) is 23.4 Å². The van der Waals surface area contributed by atoms with Gasteiger partial charge < -0.3 is 4.90 Å². The van der Waals surface area contributed by atoms with Crippen molar-refractivity contribution in [2.75, 3.05) is 18.0 Å². The van der Waals surface area contributed by atoms with Crippen LogP contribution in [0.2, 0.25) is 0 Å².